The molecule has 1 saturated carbocycles. The van der Waals surface area contributed by atoms with Gasteiger partial charge in [0.2, 0.25) is 0 Å². The van der Waals surface area contributed by atoms with E-state index in [0.717, 1.165) is 23.1 Å². The Kier molecular flexibility index (Phi) is 6.63. The Morgan fingerprint density at radius 1 is 1.03 bits per heavy atom. The molecule has 6 nitrogen and oxygen atoms in total. The largest absolute Gasteiger partial charge is 0.484 e. The maximum Gasteiger partial charge on any atom is 0.323 e. The summed E-state index contributed by atoms with van der Waals surface area (Å²) in [6, 6.07) is 22.6. The Bertz CT molecular complexity index is 1130. The maximum absolute atomic E-state index is 12.7. The number of aryl methyl sites for hydroxylation is 1. The van der Waals surface area contributed by atoms with E-state index in [9.17, 15) is 14.7 Å². The van der Waals surface area contributed by atoms with Crippen LogP contribution >= 0.6 is 0 Å². The number of nitrogens with one attached hydrogen (secondary N) is 2. The van der Waals surface area contributed by atoms with Crippen LogP contribution in [0.15, 0.2) is 72.8 Å². The van der Waals surface area contributed by atoms with E-state index in [0.29, 0.717) is 23.5 Å². The fourth-order valence-corrected chi connectivity index (χ4v) is 3.94. The molecule has 1 fully saturated rings. The van der Waals surface area contributed by atoms with Gasteiger partial charge in [-0.05, 0) is 61.1 Å². The Morgan fingerprint density at radius 3 is 2.39 bits per heavy atom. The first-order valence-corrected chi connectivity index (χ1v) is 11.2. The third-order valence-electron chi connectivity index (χ3n) is 5.91. The molecule has 6 heteroatoms. The van der Waals surface area contributed by atoms with Gasteiger partial charge in [-0.15, -0.1) is 0 Å². The number of ether oxygens (including phenoxy) is 1. The minimum Gasteiger partial charge on any atom is -0.484 e. The second-order valence-electron chi connectivity index (χ2n) is 8.41. The summed E-state index contributed by atoms with van der Waals surface area (Å²) in [6.07, 6.45) is 1.18. The standard InChI is InChI=1S/C27H28N2O4/c1-3-24(18-7-5-4-6-8-18)33-25-14-11-19(21-16-22(21)26(30)31)15-23(25)29-27(32)28-20-12-9-17(2)10-13-20/h4-15,21-22,24H,3,16H2,1-2H3,(H,30,31)(H2,28,29,32)/t21-,22-,24-/m0/s1. The Labute approximate surface area is 193 Å². The smallest absolute Gasteiger partial charge is 0.323 e. The predicted molar refractivity (Wildman–Crippen MR) is 129 cm³/mol. The number of carbonyl (C=O) groups is 2. The van der Waals surface area contributed by atoms with Gasteiger partial charge in [-0.25, -0.2) is 4.79 Å². The number of aliphatic carboxylic acids is 1. The third-order valence-corrected chi connectivity index (χ3v) is 5.91. The van der Waals surface area contributed by atoms with Crippen molar-refractivity contribution in [2.75, 3.05) is 10.6 Å². The Morgan fingerprint density at radius 2 is 1.76 bits per heavy atom. The fourth-order valence-electron chi connectivity index (χ4n) is 3.94. The van der Waals surface area contributed by atoms with Crippen LogP contribution in [0.5, 0.6) is 5.75 Å². The molecule has 3 aromatic carbocycles. The molecule has 0 aliphatic heterocycles. The van der Waals surface area contributed by atoms with Gasteiger partial charge in [0.15, 0.2) is 0 Å². The van der Waals surface area contributed by atoms with Crippen molar-refractivity contribution < 1.29 is 19.4 Å². The predicted octanol–water partition coefficient (Wildman–Crippen LogP) is 6.36. The first-order chi connectivity index (χ1) is 15.9. The highest BCUT2D eigenvalue weighted by Crippen LogP contribution is 2.49. The zero-order valence-electron chi connectivity index (χ0n) is 18.7. The van der Waals surface area contributed by atoms with E-state index in [1.165, 1.54) is 0 Å². The van der Waals surface area contributed by atoms with Crippen LogP contribution in [0.2, 0.25) is 0 Å². The van der Waals surface area contributed by atoms with E-state index in [1.807, 2.05) is 86.6 Å². The number of amides is 2. The van der Waals surface area contributed by atoms with Crippen LogP contribution in [0, 0.1) is 12.8 Å². The number of urea groups is 1. The minimum absolute atomic E-state index is 0.0478. The number of carboxylic acids is 1. The molecule has 0 spiro atoms. The average molecular weight is 445 g/mol. The molecule has 0 heterocycles. The molecule has 0 bridgehead atoms. The lowest BCUT2D eigenvalue weighted by Gasteiger charge is -2.21. The second kappa shape index (κ2) is 9.77. The van der Waals surface area contributed by atoms with Gasteiger partial charge in [-0.1, -0.05) is 61.0 Å². The molecule has 0 aromatic heterocycles. The molecular weight excluding hydrogens is 416 g/mol. The topological polar surface area (TPSA) is 87.7 Å². The molecule has 1 aliphatic carbocycles. The lowest BCUT2D eigenvalue weighted by atomic mass is 10.1. The van der Waals surface area contributed by atoms with E-state index in [2.05, 4.69) is 10.6 Å². The van der Waals surface area contributed by atoms with E-state index in [1.54, 1.807) is 0 Å². The van der Waals surface area contributed by atoms with Crippen LogP contribution in [0.1, 0.15) is 48.5 Å². The minimum atomic E-state index is -0.790. The van der Waals surface area contributed by atoms with Gasteiger partial charge in [0.25, 0.3) is 0 Å². The lowest BCUT2D eigenvalue weighted by Crippen LogP contribution is -2.20. The molecule has 2 amide bonds. The summed E-state index contributed by atoms with van der Waals surface area (Å²) in [4.78, 5) is 24.1. The van der Waals surface area contributed by atoms with Crippen molar-refractivity contribution in [1.29, 1.82) is 0 Å². The van der Waals surface area contributed by atoms with Gasteiger partial charge in [-0.2, -0.15) is 0 Å². The highest BCUT2D eigenvalue weighted by atomic mass is 16.5. The second-order valence-corrected chi connectivity index (χ2v) is 8.41. The molecule has 33 heavy (non-hydrogen) atoms. The molecule has 0 saturated heterocycles. The zero-order chi connectivity index (χ0) is 23.4. The lowest BCUT2D eigenvalue weighted by molar-refractivity contribution is -0.138. The molecule has 170 valence electrons. The molecule has 3 atom stereocenters. The molecule has 3 aromatic rings. The van der Waals surface area contributed by atoms with Gasteiger partial charge in [0, 0.05) is 5.69 Å². The number of rotatable bonds is 8. The first kappa shape index (κ1) is 22.4. The van der Waals surface area contributed by atoms with Crippen molar-refractivity contribution in [2.24, 2.45) is 5.92 Å². The monoisotopic (exact) mass is 444 g/mol. The fraction of sp³-hybridized carbons (Fsp3) is 0.259. The van der Waals surface area contributed by atoms with Crippen molar-refractivity contribution in [3.63, 3.8) is 0 Å². The van der Waals surface area contributed by atoms with E-state index in [4.69, 9.17) is 4.74 Å². The Balaban J connectivity index is 1.57. The highest BCUT2D eigenvalue weighted by molar-refractivity contribution is 6.00. The van der Waals surface area contributed by atoms with Gasteiger partial charge >= 0.3 is 12.0 Å². The first-order valence-electron chi connectivity index (χ1n) is 11.2. The van der Waals surface area contributed by atoms with Crippen LogP contribution in [-0.4, -0.2) is 17.1 Å². The van der Waals surface area contributed by atoms with Gasteiger partial charge in [0.05, 0.1) is 11.6 Å². The third kappa shape index (κ3) is 5.52. The van der Waals surface area contributed by atoms with Gasteiger partial charge < -0.3 is 20.5 Å². The summed E-state index contributed by atoms with van der Waals surface area (Å²) in [7, 11) is 0. The summed E-state index contributed by atoms with van der Waals surface area (Å²) >= 11 is 0. The van der Waals surface area contributed by atoms with Crippen molar-refractivity contribution in [1.82, 2.24) is 0 Å². The van der Waals surface area contributed by atoms with Crippen molar-refractivity contribution in [3.05, 3.63) is 89.5 Å². The van der Waals surface area contributed by atoms with Crippen LogP contribution < -0.4 is 15.4 Å². The number of carboxylic acid groups (broad SMARTS) is 1. The number of hydrogen-bond acceptors (Lipinski definition) is 3. The maximum atomic E-state index is 12.7. The van der Waals surface area contributed by atoms with Gasteiger partial charge in [-0.3, -0.25) is 4.79 Å². The van der Waals surface area contributed by atoms with Crippen LogP contribution in [-0.2, 0) is 4.79 Å². The highest BCUT2D eigenvalue weighted by Gasteiger charge is 2.44. The quantitative estimate of drug-likeness (QED) is 0.377. The normalized spacial score (nSPS) is 17.6. The van der Waals surface area contributed by atoms with Gasteiger partial charge in [0.1, 0.15) is 11.9 Å². The summed E-state index contributed by atoms with van der Waals surface area (Å²) in [6.45, 7) is 4.03. The van der Waals surface area contributed by atoms with Crippen LogP contribution in [0.3, 0.4) is 0 Å². The molecule has 0 unspecified atom stereocenters. The Hall–Kier alpha value is -3.80. The summed E-state index contributed by atoms with van der Waals surface area (Å²) in [5.41, 5.74) is 4.23. The summed E-state index contributed by atoms with van der Waals surface area (Å²) in [5.74, 6) is -0.671. The van der Waals surface area contributed by atoms with E-state index in [-0.39, 0.29) is 24.0 Å². The molecule has 0 radical (unpaired) electrons. The van der Waals surface area contributed by atoms with Crippen molar-refractivity contribution in [3.8, 4) is 5.75 Å². The zero-order valence-corrected chi connectivity index (χ0v) is 18.7. The van der Waals surface area contributed by atoms with Crippen LogP contribution in [0.4, 0.5) is 16.2 Å². The SMILES string of the molecule is CC[C@H](Oc1ccc([C@@H]2C[C@@H]2C(=O)O)cc1NC(=O)Nc1ccc(C)cc1)c1ccccc1. The van der Waals surface area contributed by atoms with Crippen molar-refractivity contribution >= 4 is 23.4 Å². The average Bonchev–Trinajstić information content (AvgIpc) is 3.62. The summed E-state index contributed by atoms with van der Waals surface area (Å²) < 4.78 is 6.32. The van der Waals surface area contributed by atoms with E-state index < -0.39 is 5.97 Å². The molecule has 3 N–H and O–H groups in total. The number of benzene rings is 3. The van der Waals surface area contributed by atoms with E-state index >= 15 is 0 Å². The molecule has 4 rings (SSSR count). The summed E-state index contributed by atoms with van der Waals surface area (Å²) in [5, 5.41) is 15.0. The molecule has 1 aliphatic rings. The number of hydrogen-bond donors (Lipinski definition) is 3. The van der Waals surface area contributed by atoms with Crippen molar-refractivity contribution in [2.45, 2.75) is 38.7 Å². The number of carbonyl (C=O) groups excluding carboxylic acids is 1. The molecular formula is C27H28N2O4. The number of anilines is 2. The van der Waals surface area contributed by atoms with Crippen LogP contribution in [0.25, 0.3) is 0 Å².